The molecule has 0 aliphatic heterocycles. The van der Waals surface area contributed by atoms with Crippen LogP contribution in [0.1, 0.15) is 25.0 Å². The lowest BCUT2D eigenvalue weighted by atomic mass is 10.1. The lowest BCUT2D eigenvalue weighted by Crippen LogP contribution is -2.28. The number of aliphatic hydroxyl groups is 1. The first-order valence-electron chi connectivity index (χ1n) is 4.81. The van der Waals surface area contributed by atoms with Gasteiger partial charge in [-0.3, -0.25) is 0 Å². The van der Waals surface area contributed by atoms with E-state index in [4.69, 9.17) is 4.74 Å². The first kappa shape index (κ1) is 11.1. The van der Waals surface area contributed by atoms with Gasteiger partial charge in [-0.25, -0.2) is 0 Å². The van der Waals surface area contributed by atoms with Gasteiger partial charge in [0.05, 0.1) is 5.60 Å². The molecule has 1 rings (SSSR count). The third-order valence-corrected chi connectivity index (χ3v) is 2.14. The Morgan fingerprint density at radius 1 is 1.29 bits per heavy atom. The van der Waals surface area contributed by atoms with E-state index in [1.54, 1.807) is 13.8 Å². The van der Waals surface area contributed by atoms with Crippen LogP contribution in [-0.4, -0.2) is 17.3 Å². The zero-order chi connectivity index (χ0) is 10.8. The number of hydrogen-bond acceptors (Lipinski definition) is 2. The molecular formula is C12H18O2. The Labute approximate surface area is 85.5 Å². The van der Waals surface area contributed by atoms with Crippen molar-refractivity contribution in [2.45, 2.75) is 33.3 Å². The SMILES string of the molecule is Cc1cccc(OCC(C)(C)O)c1C. The van der Waals surface area contributed by atoms with Gasteiger partial charge in [0.15, 0.2) is 0 Å². The van der Waals surface area contributed by atoms with E-state index in [-0.39, 0.29) is 0 Å². The van der Waals surface area contributed by atoms with Crippen molar-refractivity contribution in [3.8, 4) is 5.75 Å². The number of aryl methyl sites for hydroxylation is 1. The normalized spacial score (nSPS) is 11.5. The average Bonchev–Trinajstić information content (AvgIpc) is 2.06. The number of ether oxygens (including phenoxy) is 1. The summed E-state index contributed by atoms with van der Waals surface area (Å²) in [5.74, 6) is 0.854. The smallest absolute Gasteiger partial charge is 0.122 e. The Morgan fingerprint density at radius 3 is 2.50 bits per heavy atom. The molecular weight excluding hydrogens is 176 g/mol. The predicted octanol–water partition coefficient (Wildman–Crippen LogP) is 2.45. The van der Waals surface area contributed by atoms with E-state index in [0.29, 0.717) is 6.61 Å². The Kier molecular flexibility index (Phi) is 3.17. The van der Waals surface area contributed by atoms with Gasteiger partial charge in [0.1, 0.15) is 12.4 Å². The standard InChI is InChI=1S/C12H18O2/c1-9-6-5-7-11(10(9)2)14-8-12(3,4)13/h5-7,13H,8H2,1-4H3. The molecule has 1 aromatic carbocycles. The quantitative estimate of drug-likeness (QED) is 0.801. The number of rotatable bonds is 3. The van der Waals surface area contributed by atoms with Gasteiger partial charge < -0.3 is 9.84 Å². The molecule has 1 aromatic rings. The minimum absolute atomic E-state index is 0.317. The molecule has 1 N–H and O–H groups in total. The molecule has 0 aliphatic rings. The van der Waals surface area contributed by atoms with E-state index in [2.05, 4.69) is 0 Å². The summed E-state index contributed by atoms with van der Waals surface area (Å²) in [5.41, 5.74) is 1.56. The molecule has 0 heterocycles. The van der Waals surface area contributed by atoms with Gasteiger partial charge in [-0.1, -0.05) is 12.1 Å². The van der Waals surface area contributed by atoms with Gasteiger partial charge in [0.25, 0.3) is 0 Å². The van der Waals surface area contributed by atoms with Crippen molar-refractivity contribution in [2.75, 3.05) is 6.61 Å². The molecule has 14 heavy (non-hydrogen) atoms. The van der Waals surface area contributed by atoms with Crippen LogP contribution in [0, 0.1) is 13.8 Å². The van der Waals surface area contributed by atoms with Crippen molar-refractivity contribution in [1.82, 2.24) is 0 Å². The van der Waals surface area contributed by atoms with E-state index < -0.39 is 5.60 Å². The molecule has 0 atom stereocenters. The summed E-state index contributed by atoms with van der Waals surface area (Å²) in [4.78, 5) is 0. The van der Waals surface area contributed by atoms with E-state index in [1.807, 2.05) is 32.0 Å². The fourth-order valence-corrected chi connectivity index (χ4v) is 1.13. The lowest BCUT2D eigenvalue weighted by molar-refractivity contribution is 0.0282. The molecule has 0 saturated carbocycles. The maximum Gasteiger partial charge on any atom is 0.122 e. The Balaban J connectivity index is 2.73. The van der Waals surface area contributed by atoms with Gasteiger partial charge in [-0.05, 0) is 44.9 Å². The van der Waals surface area contributed by atoms with Crippen LogP contribution in [0.3, 0.4) is 0 Å². The molecule has 0 unspecified atom stereocenters. The summed E-state index contributed by atoms with van der Waals surface area (Å²) >= 11 is 0. The first-order chi connectivity index (χ1) is 6.40. The van der Waals surface area contributed by atoms with Crippen LogP contribution in [0.25, 0.3) is 0 Å². The summed E-state index contributed by atoms with van der Waals surface area (Å²) in [5, 5.41) is 9.51. The summed E-state index contributed by atoms with van der Waals surface area (Å²) in [6, 6.07) is 5.93. The third-order valence-electron chi connectivity index (χ3n) is 2.14. The highest BCUT2D eigenvalue weighted by Crippen LogP contribution is 2.21. The molecule has 0 amide bonds. The van der Waals surface area contributed by atoms with Crippen LogP contribution < -0.4 is 4.74 Å². The molecule has 2 nitrogen and oxygen atoms in total. The highest BCUT2D eigenvalue weighted by molar-refractivity contribution is 5.38. The Morgan fingerprint density at radius 2 is 1.93 bits per heavy atom. The molecule has 0 saturated heterocycles. The summed E-state index contributed by atoms with van der Waals surface area (Å²) in [6.45, 7) is 7.86. The van der Waals surface area contributed by atoms with Crippen LogP contribution in [0.5, 0.6) is 5.75 Å². The highest BCUT2D eigenvalue weighted by atomic mass is 16.5. The number of hydrogen-bond donors (Lipinski definition) is 1. The van der Waals surface area contributed by atoms with E-state index in [0.717, 1.165) is 11.3 Å². The fourth-order valence-electron chi connectivity index (χ4n) is 1.13. The fraction of sp³-hybridized carbons (Fsp3) is 0.500. The van der Waals surface area contributed by atoms with Crippen LogP contribution >= 0.6 is 0 Å². The molecule has 0 aliphatic carbocycles. The predicted molar refractivity (Wildman–Crippen MR) is 57.7 cm³/mol. The van der Waals surface area contributed by atoms with E-state index in [9.17, 15) is 5.11 Å². The molecule has 0 radical (unpaired) electrons. The monoisotopic (exact) mass is 194 g/mol. The second-order valence-corrected chi connectivity index (χ2v) is 4.30. The second kappa shape index (κ2) is 4.01. The zero-order valence-electron chi connectivity index (χ0n) is 9.29. The third kappa shape index (κ3) is 3.04. The number of benzene rings is 1. The average molecular weight is 194 g/mol. The van der Waals surface area contributed by atoms with Gasteiger partial charge in [-0.2, -0.15) is 0 Å². The Bertz CT molecular complexity index is 311. The van der Waals surface area contributed by atoms with Crippen LogP contribution in [0.4, 0.5) is 0 Å². The van der Waals surface area contributed by atoms with Crippen molar-refractivity contribution < 1.29 is 9.84 Å². The van der Waals surface area contributed by atoms with Crippen LogP contribution in [-0.2, 0) is 0 Å². The topological polar surface area (TPSA) is 29.5 Å². The largest absolute Gasteiger partial charge is 0.490 e. The minimum atomic E-state index is -0.782. The molecule has 0 bridgehead atoms. The van der Waals surface area contributed by atoms with Crippen molar-refractivity contribution >= 4 is 0 Å². The van der Waals surface area contributed by atoms with Crippen molar-refractivity contribution in [3.63, 3.8) is 0 Å². The van der Waals surface area contributed by atoms with Gasteiger partial charge in [0, 0.05) is 0 Å². The maximum absolute atomic E-state index is 9.51. The molecule has 78 valence electrons. The summed E-state index contributed by atoms with van der Waals surface area (Å²) < 4.78 is 5.53. The molecule has 0 fully saturated rings. The van der Waals surface area contributed by atoms with Gasteiger partial charge in [-0.15, -0.1) is 0 Å². The minimum Gasteiger partial charge on any atom is -0.490 e. The molecule has 2 heteroatoms. The highest BCUT2D eigenvalue weighted by Gasteiger charge is 2.14. The molecule has 0 spiro atoms. The van der Waals surface area contributed by atoms with Crippen molar-refractivity contribution in [3.05, 3.63) is 29.3 Å². The molecule has 0 aromatic heterocycles. The lowest BCUT2D eigenvalue weighted by Gasteiger charge is -2.19. The van der Waals surface area contributed by atoms with Crippen LogP contribution in [0.15, 0.2) is 18.2 Å². The van der Waals surface area contributed by atoms with Crippen molar-refractivity contribution in [2.24, 2.45) is 0 Å². The zero-order valence-corrected chi connectivity index (χ0v) is 9.29. The van der Waals surface area contributed by atoms with E-state index in [1.165, 1.54) is 5.56 Å². The van der Waals surface area contributed by atoms with Crippen molar-refractivity contribution in [1.29, 1.82) is 0 Å². The van der Waals surface area contributed by atoms with E-state index >= 15 is 0 Å². The van der Waals surface area contributed by atoms with Gasteiger partial charge in [0.2, 0.25) is 0 Å². The van der Waals surface area contributed by atoms with Crippen LogP contribution in [0.2, 0.25) is 0 Å². The van der Waals surface area contributed by atoms with Gasteiger partial charge >= 0.3 is 0 Å². The Hall–Kier alpha value is -1.02. The summed E-state index contributed by atoms with van der Waals surface area (Å²) in [7, 11) is 0. The maximum atomic E-state index is 9.51. The summed E-state index contributed by atoms with van der Waals surface area (Å²) in [6.07, 6.45) is 0. The second-order valence-electron chi connectivity index (χ2n) is 4.30. The first-order valence-corrected chi connectivity index (χ1v) is 4.81.